The first kappa shape index (κ1) is 17.7. The van der Waals surface area contributed by atoms with Crippen molar-refractivity contribution >= 4 is 5.91 Å². The summed E-state index contributed by atoms with van der Waals surface area (Å²) >= 11 is 0. The van der Waals surface area contributed by atoms with Crippen LogP contribution in [0.3, 0.4) is 0 Å². The molecule has 0 aromatic carbocycles. The Hall–Kier alpha value is -2.08. The number of carbonyl (C=O) groups is 1. The van der Waals surface area contributed by atoms with Crippen LogP contribution in [0.15, 0.2) is 27.3 Å². The monoisotopic (exact) mass is 345 g/mol. The predicted octanol–water partition coefficient (Wildman–Crippen LogP) is 3.66. The van der Waals surface area contributed by atoms with Crippen molar-refractivity contribution in [3.63, 3.8) is 0 Å². The maximum absolute atomic E-state index is 12.7. The molecule has 0 saturated carbocycles. The summed E-state index contributed by atoms with van der Waals surface area (Å²) in [6, 6.07) is 3.94. The first-order valence-electron chi connectivity index (χ1n) is 9.09. The molecule has 25 heavy (non-hydrogen) atoms. The zero-order valence-electron chi connectivity index (χ0n) is 15.2. The molecule has 0 bridgehead atoms. The molecule has 0 radical (unpaired) electrons. The van der Waals surface area contributed by atoms with E-state index in [9.17, 15) is 4.79 Å². The van der Waals surface area contributed by atoms with Gasteiger partial charge in [-0.1, -0.05) is 25.4 Å². The summed E-state index contributed by atoms with van der Waals surface area (Å²) in [7, 11) is 0. The van der Waals surface area contributed by atoms with Gasteiger partial charge in [0, 0.05) is 12.5 Å². The zero-order valence-corrected chi connectivity index (χ0v) is 15.2. The molecule has 136 valence electrons. The van der Waals surface area contributed by atoms with E-state index in [1.165, 1.54) is 19.3 Å². The normalized spacial score (nSPS) is 17.0. The molecule has 3 heterocycles. The molecule has 1 amide bonds. The van der Waals surface area contributed by atoms with Gasteiger partial charge in [0.2, 0.25) is 0 Å². The molecule has 0 spiro atoms. The van der Waals surface area contributed by atoms with E-state index in [1.54, 1.807) is 13.2 Å². The van der Waals surface area contributed by atoms with Gasteiger partial charge in [-0.25, -0.2) is 0 Å². The number of carbonyl (C=O) groups excluding carboxylic acids is 1. The third kappa shape index (κ3) is 3.95. The van der Waals surface area contributed by atoms with Crippen molar-refractivity contribution in [3.8, 4) is 0 Å². The van der Waals surface area contributed by atoms with Crippen LogP contribution in [0.4, 0.5) is 0 Å². The van der Waals surface area contributed by atoms with Gasteiger partial charge in [0.05, 0.1) is 18.0 Å². The van der Waals surface area contributed by atoms with Gasteiger partial charge in [-0.05, 0) is 45.0 Å². The van der Waals surface area contributed by atoms with Crippen molar-refractivity contribution in [1.29, 1.82) is 0 Å². The SMILES string of the molecule is Cc1noc(C(C)C)c1C(=O)NC[C@H](c1ccco1)N1CCCCC1. The van der Waals surface area contributed by atoms with Gasteiger partial charge in [-0.15, -0.1) is 0 Å². The summed E-state index contributed by atoms with van der Waals surface area (Å²) in [5.41, 5.74) is 1.19. The van der Waals surface area contributed by atoms with Crippen LogP contribution in [0.2, 0.25) is 0 Å². The van der Waals surface area contributed by atoms with Crippen LogP contribution in [0.25, 0.3) is 0 Å². The summed E-state index contributed by atoms with van der Waals surface area (Å²) in [5.74, 6) is 1.52. The lowest BCUT2D eigenvalue weighted by atomic mass is 10.0. The van der Waals surface area contributed by atoms with Crippen molar-refractivity contribution in [2.45, 2.75) is 52.0 Å². The standard InChI is InChI=1S/C19H27N3O3/c1-13(2)18-17(14(3)21-25-18)19(23)20-12-15(16-8-7-11-24-16)22-9-5-4-6-10-22/h7-8,11,13,15H,4-6,9-10,12H2,1-3H3,(H,20,23)/t15-/m1/s1. The molecule has 0 aliphatic carbocycles. The first-order valence-corrected chi connectivity index (χ1v) is 9.09. The minimum Gasteiger partial charge on any atom is -0.468 e. The number of hydrogen-bond donors (Lipinski definition) is 1. The Bertz CT molecular complexity index is 685. The number of aromatic nitrogens is 1. The molecule has 1 aliphatic rings. The van der Waals surface area contributed by atoms with Crippen molar-refractivity contribution in [2.24, 2.45) is 0 Å². The number of furan rings is 1. The lowest BCUT2D eigenvalue weighted by Gasteiger charge is -2.33. The number of likely N-dealkylation sites (tertiary alicyclic amines) is 1. The zero-order chi connectivity index (χ0) is 17.8. The molecule has 1 atom stereocenters. The second-order valence-corrected chi connectivity index (χ2v) is 7.00. The summed E-state index contributed by atoms with van der Waals surface area (Å²) in [6.45, 7) is 8.37. The molecular formula is C19H27N3O3. The van der Waals surface area contributed by atoms with Gasteiger partial charge in [-0.3, -0.25) is 9.69 Å². The second kappa shape index (κ2) is 7.87. The van der Waals surface area contributed by atoms with Gasteiger partial charge in [0.15, 0.2) is 5.76 Å². The Balaban J connectivity index is 1.73. The van der Waals surface area contributed by atoms with Crippen molar-refractivity contribution in [2.75, 3.05) is 19.6 Å². The average molecular weight is 345 g/mol. The molecule has 3 rings (SSSR count). The highest BCUT2D eigenvalue weighted by atomic mass is 16.5. The minimum absolute atomic E-state index is 0.0573. The summed E-state index contributed by atoms with van der Waals surface area (Å²) in [4.78, 5) is 15.1. The highest BCUT2D eigenvalue weighted by Crippen LogP contribution is 2.26. The Labute approximate surface area is 148 Å². The van der Waals surface area contributed by atoms with Gasteiger partial charge in [-0.2, -0.15) is 0 Å². The maximum Gasteiger partial charge on any atom is 0.256 e. The van der Waals surface area contributed by atoms with Gasteiger partial charge in [0.1, 0.15) is 11.3 Å². The molecule has 6 nitrogen and oxygen atoms in total. The van der Waals surface area contributed by atoms with Crippen LogP contribution in [0.5, 0.6) is 0 Å². The third-order valence-electron chi connectivity index (χ3n) is 4.80. The van der Waals surface area contributed by atoms with Crippen molar-refractivity contribution in [3.05, 3.63) is 41.2 Å². The van der Waals surface area contributed by atoms with E-state index in [0.717, 1.165) is 18.8 Å². The number of nitrogens with zero attached hydrogens (tertiary/aromatic N) is 2. The fourth-order valence-corrected chi connectivity index (χ4v) is 3.46. The lowest BCUT2D eigenvalue weighted by molar-refractivity contribution is 0.0911. The molecule has 6 heteroatoms. The number of nitrogens with one attached hydrogen (secondary N) is 1. The fraction of sp³-hybridized carbons (Fsp3) is 0.579. The highest BCUT2D eigenvalue weighted by molar-refractivity contribution is 5.96. The molecule has 2 aromatic heterocycles. The van der Waals surface area contributed by atoms with Crippen LogP contribution in [-0.2, 0) is 0 Å². The van der Waals surface area contributed by atoms with E-state index in [1.807, 2.05) is 26.0 Å². The van der Waals surface area contributed by atoms with Gasteiger partial charge in [0.25, 0.3) is 5.91 Å². The van der Waals surface area contributed by atoms with E-state index in [-0.39, 0.29) is 17.9 Å². The average Bonchev–Trinajstić information content (AvgIpc) is 3.25. The third-order valence-corrected chi connectivity index (χ3v) is 4.80. The molecule has 2 aromatic rings. The smallest absolute Gasteiger partial charge is 0.256 e. The van der Waals surface area contributed by atoms with Crippen LogP contribution >= 0.6 is 0 Å². The Morgan fingerprint density at radius 2 is 2.08 bits per heavy atom. The molecule has 1 saturated heterocycles. The number of piperidine rings is 1. The van der Waals surface area contributed by atoms with Crippen LogP contribution < -0.4 is 5.32 Å². The number of rotatable bonds is 6. The van der Waals surface area contributed by atoms with E-state index < -0.39 is 0 Å². The van der Waals surface area contributed by atoms with Gasteiger partial charge < -0.3 is 14.3 Å². The number of hydrogen-bond acceptors (Lipinski definition) is 5. The topological polar surface area (TPSA) is 71.5 Å². The van der Waals surface area contributed by atoms with Crippen molar-refractivity contribution in [1.82, 2.24) is 15.4 Å². The Morgan fingerprint density at radius 3 is 2.72 bits per heavy atom. The van der Waals surface area contributed by atoms with E-state index in [0.29, 0.717) is 23.6 Å². The van der Waals surface area contributed by atoms with Crippen LogP contribution in [-0.4, -0.2) is 35.6 Å². The van der Waals surface area contributed by atoms with Crippen molar-refractivity contribution < 1.29 is 13.7 Å². The van der Waals surface area contributed by atoms with E-state index >= 15 is 0 Å². The van der Waals surface area contributed by atoms with Crippen LogP contribution in [0, 0.1) is 6.92 Å². The molecule has 0 unspecified atom stereocenters. The number of amides is 1. The Morgan fingerprint density at radius 1 is 1.32 bits per heavy atom. The van der Waals surface area contributed by atoms with E-state index in [4.69, 9.17) is 8.94 Å². The lowest BCUT2D eigenvalue weighted by Crippen LogP contribution is -2.40. The summed E-state index contributed by atoms with van der Waals surface area (Å²) in [6.07, 6.45) is 5.33. The van der Waals surface area contributed by atoms with Gasteiger partial charge >= 0.3 is 0 Å². The maximum atomic E-state index is 12.7. The minimum atomic E-state index is -0.129. The number of aryl methyl sites for hydroxylation is 1. The van der Waals surface area contributed by atoms with E-state index in [2.05, 4.69) is 15.4 Å². The highest BCUT2D eigenvalue weighted by Gasteiger charge is 2.27. The molecular weight excluding hydrogens is 318 g/mol. The predicted molar refractivity (Wildman–Crippen MR) is 94.5 cm³/mol. The first-order chi connectivity index (χ1) is 12.1. The Kier molecular flexibility index (Phi) is 5.58. The fourth-order valence-electron chi connectivity index (χ4n) is 3.46. The summed E-state index contributed by atoms with van der Waals surface area (Å²) < 4.78 is 11.0. The van der Waals surface area contributed by atoms with Crippen LogP contribution in [0.1, 0.15) is 72.6 Å². The quantitative estimate of drug-likeness (QED) is 0.865. The molecule has 1 aliphatic heterocycles. The molecule has 1 N–H and O–H groups in total. The largest absolute Gasteiger partial charge is 0.468 e. The second-order valence-electron chi connectivity index (χ2n) is 7.00. The molecule has 1 fully saturated rings. The summed E-state index contributed by atoms with van der Waals surface area (Å²) in [5, 5.41) is 7.03.